The number of halogens is 2. The minimum atomic E-state index is -4.32. The number of hydrogen-bond donors (Lipinski definition) is 3. The van der Waals surface area contributed by atoms with E-state index in [0.29, 0.717) is 36.1 Å². The van der Waals surface area contributed by atoms with Crippen LogP contribution in [0.3, 0.4) is 0 Å². The summed E-state index contributed by atoms with van der Waals surface area (Å²) in [5, 5.41) is 12.8. The number of rotatable bonds is 8. The number of sulfonamides is 1. The van der Waals surface area contributed by atoms with Crippen LogP contribution in [0.5, 0.6) is 5.75 Å². The SMILES string of the molecule is CN1CC(Oc2ccc(C(=O)Nc3n[nH]c4c3CN(S(=O)(=O)c3cc(F)cc(F)c3)CC4(C)C)c(NC(=O)C3CCOC3)c2)C1. The molecular weight excluding hydrogens is 610 g/mol. The second kappa shape index (κ2) is 11.8. The number of fused-ring (bicyclic) bond motifs is 1. The zero-order valence-corrected chi connectivity index (χ0v) is 25.8. The zero-order chi connectivity index (χ0) is 32.1. The number of nitrogens with one attached hydrogen (secondary N) is 3. The van der Waals surface area contributed by atoms with Crippen molar-refractivity contribution in [2.24, 2.45) is 5.92 Å². The fraction of sp³-hybridized carbons (Fsp3) is 0.433. The zero-order valence-electron chi connectivity index (χ0n) is 25.0. The molecular formula is C30H34F2N6O6S. The number of likely N-dealkylation sites (tertiary alicyclic amines) is 1. The summed E-state index contributed by atoms with van der Waals surface area (Å²) >= 11 is 0. The smallest absolute Gasteiger partial charge is 0.258 e. The molecule has 240 valence electrons. The maximum atomic E-state index is 13.9. The summed E-state index contributed by atoms with van der Waals surface area (Å²) in [7, 11) is -2.34. The first kappa shape index (κ1) is 31.1. The number of aromatic amines is 1. The monoisotopic (exact) mass is 644 g/mol. The van der Waals surface area contributed by atoms with Crippen molar-refractivity contribution in [2.45, 2.75) is 43.2 Å². The van der Waals surface area contributed by atoms with Crippen molar-refractivity contribution in [1.82, 2.24) is 19.4 Å². The molecule has 3 aliphatic rings. The molecule has 4 heterocycles. The van der Waals surface area contributed by atoms with Gasteiger partial charge >= 0.3 is 0 Å². The molecule has 45 heavy (non-hydrogen) atoms. The molecule has 2 saturated heterocycles. The summed E-state index contributed by atoms with van der Waals surface area (Å²) < 4.78 is 67.3. The van der Waals surface area contributed by atoms with E-state index >= 15 is 0 Å². The summed E-state index contributed by atoms with van der Waals surface area (Å²) in [6.07, 6.45) is 0.554. The molecule has 3 aliphatic heterocycles. The second-order valence-electron chi connectivity index (χ2n) is 12.4. The van der Waals surface area contributed by atoms with Crippen LogP contribution in [-0.4, -0.2) is 85.6 Å². The summed E-state index contributed by atoms with van der Waals surface area (Å²) in [6, 6.07) is 6.94. The third-order valence-electron chi connectivity index (χ3n) is 8.28. The van der Waals surface area contributed by atoms with Gasteiger partial charge in [0.1, 0.15) is 23.5 Å². The number of ether oxygens (including phenoxy) is 2. The molecule has 12 nitrogen and oxygen atoms in total. The molecule has 0 saturated carbocycles. The molecule has 0 bridgehead atoms. The quantitative estimate of drug-likeness (QED) is 0.339. The molecule has 2 amide bonds. The van der Waals surface area contributed by atoms with Crippen molar-refractivity contribution in [3.63, 3.8) is 0 Å². The fourth-order valence-corrected chi connectivity index (χ4v) is 7.50. The molecule has 6 rings (SSSR count). The first-order chi connectivity index (χ1) is 21.3. The maximum Gasteiger partial charge on any atom is 0.258 e. The number of anilines is 2. The molecule has 15 heteroatoms. The second-order valence-corrected chi connectivity index (χ2v) is 14.3. The minimum Gasteiger partial charge on any atom is -0.488 e. The van der Waals surface area contributed by atoms with E-state index in [-0.39, 0.29) is 54.7 Å². The highest BCUT2D eigenvalue weighted by Gasteiger charge is 2.41. The number of aromatic nitrogens is 2. The van der Waals surface area contributed by atoms with Gasteiger partial charge in [0.25, 0.3) is 5.91 Å². The largest absolute Gasteiger partial charge is 0.488 e. The van der Waals surface area contributed by atoms with E-state index in [0.717, 1.165) is 29.5 Å². The van der Waals surface area contributed by atoms with Gasteiger partial charge in [-0.1, -0.05) is 13.8 Å². The number of likely N-dealkylation sites (N-methyl/N-ethyl adjacent to an activating group) is 1. The third kappa shape index (κ3) is 6.30. The first-order valence-corrected chi connectivity index (χ1v) is 16.0. The Bertz CT molecular complexity index is 1730. The Morgan fingerprint density at radius 1 is 1.11 bits per heavy atom. The van der Waals surface area contributed by atoms with Gasteiger partial charge in [0, 0.05) is 61.6 Å². The topological polar surface area (TPSA) is 146 Å². The first-order valence-electron chi connectivity index (χ1n) is 14.5. The van der Waals surface area contributed by atoms with Crippen molar-refractivity contribution >= 4 is 33.3 Å². The molecule has 1 unspecified atom stereocenters. The van der Waals surface area contributed by atoms with Crippen LogP contribution in [0.2, 0.25) is 0 Å². The number of H-pyrrole nitrogens is 1. The van der Waals surface area contributed by atoms with Crippen molar-refractivity contribution in [3.05, 3.63) is 64.9 Å². The van der Waals surface area contributed by atoms with E-state index in [9.17, 15) is 26.8 Å². The number of benzene rings is 2. The summed E-state index contributed by atoms with van der Waals surface area (Å²) in [5.41, 5.74) is 0.615. The van der Waals surface area contributed by atoms with Gasteiger partial charge in [-0.2, -0.15) is 9.40 Å². The van der Waals surface area contributed by atoms with E-state index in [1.807, 2.05) is 7.05 Å². The van der Waals surface area contributed by atoms with Crippen LogP contribution in [0.15, 0.2) is 41.3 Å². The fourth-order valence-electron chi connectivity index (χ4n) is 5.89. The van der Waals surface area contributed by atoms with Crippen molar-refractivity contribution in [2.75, 3.05) is 50.5 Å². The lowest BCUT2D eigenvalue weighted by Crippen LogP contribution is -2.51. The van der Waals surface area contributed by atoms with Crippen LogP contribution in [0.4, 0.5) is 20.3 Å². The van der Waals surface area contributed by atoms with E-state index in [4.69, 9.17) is 9.47 Å². The summed E-state index contributed by atoms with van der Waals surface area (Å²) in [6.45, 7) is 5.65. The summed E-state index contributed by atoms with van der Waals surface area (Å²) in [4.78, 5) is 28.3. The van der Waals surface area contributed by atoms with Crippen LogP contribution in [0.1, 0.15) is 41.9 Å². The van der Waals surface area contributed by atoms with Gasteiger partial charge in [-0.3, -0.25) is 19.6 Å². The standard InChI is InChI=1S/C30H34F2N6O6S/c1-30(2)16-38(45(41,42)22-9-18(31)8-19(32)10-22)14-24-26(30)35-36-27(24)34-29(40)23-5-4-20(44-21-12-37(3)13-21)11-25(23)33-28(39)17-6-7-43-15-17/h4-5,8-11,17,21H,6-7,12-16H2,1-3H3,(H,33,39)(H2,34,35,36,40). The molecule has 1 aromatic heterocycles. The highest BCUT2D eigenvalue weighted by atomic mass is 32.2. The number of carbonyl (C=O) groups is 2. The predicted octanol–water partition coefficient (Wildman–Crippen LogP) is 3.09. The average Bonchev–Trinajstić information content (AvgIpc) is 3.63. The van der Waals surface area contributed by atoms with Crippen LogP contribution >= 0.6 is 0 Å². The van der Waals surface area contributed by atoms with E-state index in [2.05, 4.69) is 25.7 Å². The Hall–Kier alpha value is -3.92. The van der Waals surface area contributed by atoms with Crippen LogP contribution in [-0.2, 0) is 31.5 Å². The Morgan fingerprint density at radius 3 is 2.51 bits per heavy atom. The molecule has 3 aromatic rings. The Balaban J connectivity index is 1.27. The molecule has 0 spiro atoms. The highest BCUT2D eigenvalue weighted by molar-refractivity contribution is 7.89. The number of nitrogens with zero attached hydrogens (tertiary/aromatic N) is 3. The lowest BCUT2D eigenvalue weighted by atomic mass is 9.84. The van der Waals surface area contributed by atoms with Gasteiger partial charge in [0.05, 0.1) is 28.7 Å². The molecule has 1 atom stereocenters. The number of hydrogen-bond acceptors (Lipinski definition) is 8. The molecule has 0 radical (unpaired) electrons. The predicted molar refractivity (Wildman–Crippen MR) is 159 cm³/mol. The van der Waals surface area contributed by atoms with Gasteiger partial charge in [-0.15, -0.1) is 0 Å². The van der Waals surface area contributed by atoms with Crippen molar-refractivity contribution < 1.29 is 36.3 Å². The Morgan fingerprint density at radius 2 is 1.84 bits per heavy atom. The van der Waals surface area contributed by atoms with Crippen LogP contribution in [0.25, 0.3) is 0 Å². The summed E-state index contributed by atoms with van der Waals surface area (Å²) in [5.74, 6) is -2.67. The average molecular weight is 645 g/mol. The van der Waals surface area contributed by atoms with Gasteiger partial charge in [0.2, 0.25) is 15.9 Å². The van der Waals surface area contributed by atoms with Crippen LogP contribution < -0.4 is 15.4 Å². The van der Waals surface area contributed by atoms with Gasteiger partial charge in [0.15, 0.2) is 5.82 Å². The number of carbonyl (C=O) groups excluding carboxylic acids is 2. The van der Waals surface area contributed by atoms with E-state index in [1.165, 1.54) is 0 Å². The van der Waals surface area contributed by atoms with Crippen molar-refractivity contribution in [3.8, 4) is 5.75 Å². The van der Waals surface area contributed by atoms with Gasteiger partial charge < -0.3 is 20.1 Å². The molecule has 0 aliphatic carbocycles. The van der Waals surface area contributed by atoms with E-state index in [1.54, 1.807) is 32.0 Å². The lowest BCUT2D eigenvalue weighted by molar-refractivity contribution is -0.119. The van der Waals surface area contributed by atoms with Crippen LogP contribution in [0, 0.1) is 17.6 Å². The Kier molecular flexibility index (Phi) is 8.14. The Labute approximate surface area is 259 Å². The molecule has 3 N–H and O–H groups in total. The third-order valence-corrected chi connectivity index (χ3v) is 10.1. The molecule has 2 fully saturated rings. The maximum absolute atomic E-state index is 13.9. The minimum absolute atomic E-state index is 0.00461. The molecule has 2 aromatic carbocycles. The normalized spacial score (nSPS) is 20.3. The van der Waals surface area contributed by atoms with Gasteiger partial charge in [-0.05, 0) is 37.7 Å². The lowest BCUT2D eigenvalue weighted by Gasteiger charge is -2.37. The van der Waals surface area contributed by atoms with Gasteiger partial charge in [-0.25, -0.2) is 17.2 Å². The number of amides is 2. The van der Waals surface area contributed by atoms with E-state index < -0.39 is 37.9 Å². The highest BCUT2D eigenvalue weighted by Crippen LogP contribution is 2.38. The van der Waals surface area contributed by atoms with Crippen molar-refractivity contribution in [1.29, 1.82) is 0 Å².